The maximum atomic E-state index is 12.2. The standard InChI is InChI=1S/C18H35N3O2/c1-14-5-4-10-21(11-14)18(2,3)13-19-17(23)20-16-8-6-15(12-22)7-9-16/h14-16,22H,4-13H2,1-3H3,(H2,19,20,23). The average Bonchev–Trinajstić information content (AvgIpc) is 2.54. The lowest BCUT2D eigenvalue weighted by Gasteiger charge is -2.43. The molecule has 1 atom stereocenters. The SMILES string of the molecule is CC1CCCN(C(C)(C)CNC(=O)NC2CCC(CO)CC2)C1. The Balaban J connectivity index is 1.71. The molecule has 0 aromatic heterocycles. The fourth-order valence-electron chi connectivity index (χ4n) is 3.87. The van der Waals surface area contributed by atoms with Crippen molar-refractivity contribution in [2.75, 3.05) is 26.2 Å². The van der Waals surface area contributed by atoms with Crippen LogP contribution >= 0.6 is 0 Å². The molecule has 1 heterocycles. The Morgan fingerprint density at radius 1 is 1.22 bits per heavy atom. The Hall–Kier alpha value is -0.810. The van der Waals surface area contributed by atoms with Crippen molar-refractivity contribution in [1.29, 1.82) is 0 Å². The van der Waals surface area contributed by atoms with E-state index in [4.69, 9.17) is 0 Å². The van der Waals surface area contributed by atoms with Gasteiger partial charge >= 0.3 is 6.03 Å². The van der Waals surface area contributed by atoms with Crippen LogP contribution in [0.4, 0.5) is 4.79 Å². The van der Waals surface area contributed by atoms with Crippen molar-refractivity contribution < 1.29 is 9.90 Å². The molecule has 5 heteroatoms. The molecule has 0 spiro atoms. The van der Waals surface area contributed by atoms with E-state index in [1.54, 1.807) is 0 Å². The first-order valence-corrected chi connectivity index (χ1v) is 9.31. The predicted molar refractivity (Wildman–Crippen MR) is 93.4 cm³/mol. The van der Waals surface area contributed by atoms with E-state index >= 15 is 0 Å². The van der Waals surface area contributed by atoms with E-state index in [9.17, 15) is 9.90 Å². The minimum atomic E-state index is -0.0458. The van der Waals surface area contributed by atoms with Gasteiger partial charge in [-0.1, -0.05) is 6.92 Å². The second-order valence-electron chi connectivity index (χ2n) is 8.23. The number of urea groups is 1. The Kier molecular flexibility index (Phi) is 6.72. The first-order chi connectivity index (χ1) is 10.9. The van der Waals surface area contributed by atoms with Crippen LogP contribution in [0.25, 0.3) is 0 Å². The Bertz CT molecular complexity index is 378. The molecule has 2 amide bonds. The molecular formula is C18H35N3O2. The zero-order valence-electron chi connectivity index (χ0n) is 15.1. The highest BCUT2D eigenvalue weighted by molar-refractivity contribution is 5.74. The molecule has 0 aromatic rings. The highest BCUT2D eigenvalue weighted by atomic mass is 16.3. The fourth-order valence-corrected chi connectivity index (χ4v) is 3.87. The molecular weight excluding hydrogens is 290 g/mol. The molecule has 1 unspecified atom stereocenters. The number of aliphatic hydroxyl groups excluding tert-OH is 1. The molecule has 2 rings (SSSR count). The van der Waals surface area contributed by atoms with Gasteiger partial charge in [-0.25, -0.2) is 4.79 Å². The second-order valence-corrected chi connectivity index (χ2v) is 8.23. The van der Waals surface area contributed by atoms with Crippen molar-refractivity contribution in [3.63, 3.8) is 0 Å². The molecule has 0 radical (unpaired) electrons. The normalized spacial score (nSPS) is 30.0. The summed E-state index contributed by atoms with van der Waals surface area (Å²) >= 11 is 0. The molecule has 1 aliphatic carbocycles. The number of nitrogens with one attached hydrogen (secondary N) is 2. The lowest BCUT2D eigenvalue weighted by Crippen LogP contribution is -2.56. The number of nitrogens with zero attached hydrogens (tertiary/aromatic N) is 1. The van der Waals surface area contributed by atoms with Crippen LogP contribution in [0.15, 0.2) is 0 Å². The van der Waals surface area contributed by atoms with Crippen molar-refractivity contribution >= 4 is 6.03 Å². The summed E-state index contributed by atoms with van der Waals surface area (Å²) in [5.41, 5.74) is 0.000564. The van der Waals surface area contributed by atoms with Crippen molar-refractivity contribution in [3.8, 4) is 0 Å². The minimum Gasteiger partial charge on any atom is -0.396 e. The van der Waals surface area contributed by atoms with Gasteiger partial charge in [0.25, 0.3) is 0 Å². The Morgan fingerprint density at radius 3 is 2.52 bits per heavy atom. The predicted octanol–water partition coefficient (Wildman–Crippen LogP) is 2.35. The zero-order chi connectivity index (χ0) is 16.9. The summed E-state index contributed by atoms with van der Waals surface area (Å²) < 4.78 is 0. The van der Waals surface area contributed by atoms with Gasteiger partial charge < -0.3 is 15.7 Å². The van der Waals surface area contributed by atoms with E-state index in [2.05, 4.69) is 36.3 Å². The van der Waals surface area contributed by atoms with Gasteiger partial charge in [-0.3, -0.25) is 4.90 Å². The first kappa shape index (κ1) is 18.5. The number of piperidine rings is 1. The van der Waals surface area contributed by atoms with Crippen LogP contribution in [0.5, 0.6) is 0 Å². The number of hydrogen-bond donors (Lipinski definition) is 3. The average molecular weight is 325 g/mol. The van der Waals surface area contributed by atoms with Gasteiger partial charge in [0.05, 0.1) is 0 Å². The number of hydrogen-bond acceptors (Lipinski definition) is 3. The van der Waals surface area contributed by atoms with Crippen molar-refractivity contribution in [2.24, 2.45) is 11.8 Å². The summed E-state index contributed by atoms with van der Waals surface area (Å²) in [5, 5.41) is 15.3. The Morgan fingerprint density at radius 2 is 1.91 bits per heavy atom. The van der Waals surface area contributed by atoms with Crippen LogP contribution in [0.2, 0.25) is 0 Å². The molecule has 3 N–H and O–H groups in total. The maximum absolute atomic E-state index is 12.2. The maximum Gasteiger partial charge on any atom is 0.315 e. The van der Waals surface area contributed by atoms with Gasteiger partial charge in [0, 0.05) is 31.3 Å². The number of rotatable bonds is 5. The zero-order valence-corrected chi connectivity index (χ0v) is 15.1. The van der Waals surface area contributed by atoms with Gasteiger partial charge in [-0.05, 0) is 70.8 Å². The van der Waals surface area contributed by atoms with E-state index in [0.717, 1.165) is 44.7 Å². The van der Waals surface area contributed by atoms with E-state index in [-0.39, 0.29) is 24.2 Å². The van der Waals surface area contributed by atoms with Crippen LogP contribution in [0.3, 0.4) is 0 Å². The van der Waals surface area contributed by atoms with Crippen LogP contribution in [0.1, 0.15) is 59.3 Å². The van der Waals surface area contributed by atoms with Gasteiger partial charge in [0.2, 0.25) is 0 Å². The third kappa shape index (κ3) is 5.64. The third-order valence-corrected chi connectivity index (χ3v) is 5.63. The van der Waals surface area contributed by atoms with Crippen LogP contribution < -0.4 is 10.6 Å². The Labute approximate surface area is 141 Å². The van der Waals surface area contributed by atoms with E-state index < -0.39 is 0 Å². The van der Waals surface area contributed by atoms with Gasteiger partial charge in [0.15, 0.2) is 0 Å². The molecule has 5 nitrogen and oxygen atoms in total. The third-order valence-electron chi connectivity index (χ3n) is 5.63. The minimum absolute atomic E-state index is 0.000564. The van der Waals surface area contributed by atoms with Crippen molar-refractivity contribution in [2.45, 2.75) is 70.9 Å². The molecule has 0 bridgehead atoms. The number of likely N-dealkylation sites (tertiary alicyclic amines) is 1. The molecule has 2 aliphatic rings. The second kappa shape index (κ2) is 8.34. The lowest BCUT2D eigenvalue weighted by molar-refractivity contribution is 0.0722. The fraction of sp³-hybridized carbons (Fsp3) is 0.944. The number of aliphatic hydroxyl groups is 1. The summed E-state index contributed by atoms with van der Waals surface area (Å²) in [5.74, 6) is 1.18. The van der Waals surface area contributed by atoms with Gasteiger partial charge in [-0.15, -0.1) is 0 Å². The molecule has 2 fully saturated rings. The van der Waals surface area contributed by atoms with E-state index in [0.29, 0.717) is 12.5 Å². The first-order valence-electron chi connectivity index (χ1n) is 9.31. The summed E-state index contributed by atoms with van der Waals surface area (Å²) in [4.78, 5) is 14.7. The number of carbonyl (C=O) groups excluding carboxylic acids is 1. The molecule has 1 saturated carbocycles. The van der Waals surface area contributed by atoms with Crippen molar-refractivity contribution in [1.82, 2.24) is 15.5 Å². The monoisotopic (exact) mass is 325 g/mol. The number of carbonyl (C=O) groups is 1. The van der Waals surface area contributed by atoms with Gasteiger partial charge in [-0.2, -0.15) is 0 Å². The molecule has 0 aromatic carbocycles. The highest BCUT2D eigenvalue weighted by Crippen LogP contribution is 2.24. The summed E-state index contributed by atoms with van der Waals surface area (Å²) in [7, 11) is 0. The molecule has 134 valence electrons. The highest BCUT2D eigenvalue weighted by Gasteiger charge is 2.30. The summed E-state index contributed by atoms with van der Waals surface area (Å²) in [6.07, 6.45) is 6.55. The van der Waals surface area contributed by atoms with Crippen LogP contribution in [0, 0.1) is 11.8 Å². The van der Waals surface area contributed by atoms with Gasteiger partial charge in [0.1, 0.15) is 0 Å². The molecule has 23 heavy (non-hydrogen) atoms. The number of amides is 2. The van der Waals surface area contributed by atoms with E-state index in [1.165, 1.54) is 12.8 Å². The smallest absolute Gasteiger partial charge is 0.315 e. The van der Waals surface area contributed by atoms with Crippen molar-refractivity contribution in [3.05, 3.63) is 0 Å². The summed E-state index contributed by atoms with van der Waals surface area (Å²) in [6, 6.07) is 0.214. The lowest BCUT2D eigenvalue weighted by atomic mass is 9.87. The largest absolute Gasteiger partial charge is 0.396 e. The summed E-state index contributed by atoms with van der Waals surface area (Å²) in [6.45, 7) is 9.97. The van der Waals surface area contributed by atoms with E-state index in [1.807, 2.05) is 0 Å². The quantitative estimate of drug-likeness (QED) is 0.727. The molecule has 1 saturated heterocycles. The topological polar surface area (TPSA) is 64.6 Å². The molecule has 1 aliphatic heterocycles. The van der Waals surface area contributed by atoms with Crippen LogP contribution in [-0.4, -0.2) is 53.9 Å². The van der Waals surface area contributed by atoms with Crippen LogP contribution in [-0.2, 0) is 0 Å².